The van der Waals surface area contributed by atoms with Crippen molar-refractivity contribution in [3.63, 3.8) is 0 Å². The van der Waals surface area contributed by atoms with Crippen LogP contribution in [0.1, 0.15) is 59.9 Å². The van der Waals surface area contributed by atoms with Gasteiger partial charge in [0.05, 0.1) is 6.54 Å². The Bertz CT molecular complexity index is 909. The molecule has 6 nitrogen and oxygen atoms in total. The van der Waals surface area contributed by atoms with Crippen molar-refractivity contribution in [3.05, 3.63) is 71.3 Å². The van der Waals surface area contributed by atoms with Crippen LogP contribution in [0, 0.1) is 0 Å². The van der Waals surface area contributed by atoms with Gasteiger partial charge in [-0.15, -0.1) is 0 Å². The highest BCUT2D eigenvalue weighted by Gasteiger charge is 2.24. The first-order chi connectivity index (χ1) is 14.7. The fourth-order valence-corrected chi connectivity index (χ4v) is 3.62. The van der Waals surface area contributed by atoms with E-state index < -0.39 is 0 Å². The van der Waals surface area contributed by atoms with Crippen molar-refractivity contribution in [1.82, 2.24) is 15.5 Å². The maximum absolute atomic E-state index is 12.6. The first kappa shape index (κ1) is 22.5. The Morgan fingerprint density at radius 1 is 0.871 bits per heavy atom. The molecule has 6 heteroatoms. The summed E-state index contributed by atoms with van der Waals surface area (Å²) in [7, 11) is 0. The molecular formula is C25H31N3O3. The van der Waals surface area contributed by atoms with Gasteiger partial charge in [0.1, 0.15) is 0 Å². The molecule has 1 aliphatic rings. The number of rotatable bonds is 5. The second kappa shape index (κ2) is 9.77. The van der Waals surface area contributed by atoms with Gasteiger partial charge in [0.25, 0.3) is 11.8 Å². The molecule has 0 atom stereocenters. The lowest BCUT2D eigenvalue weighted by Gasteiger charge is -2.32. The fourth-order valence-electron chi connectivity index (χ4n) is 3.62. The number of hydrogen-bond acceptors (Lipinski definition) is 3. The van der Waals surface area contributed by atoms with Crippen molar-refractivity contribution in [3.8, 4) is 0 Å². The molecule has 1 aliphatic heterocycles. The van der Waals surface area contributed by atoms with Crippen LogP contribution in [-0.4, -0.2) is 48.3 Å². The zero-order valence-corrected chi connectivity index (χ0v) is 18.5. The van der Waals surface area contributed by atoms with E-state index in [0.717, 1.165) is 0 Å². The van der Waals surface area contributed by atoms with E-state index in [9.17, 15) is 14.4 Å². The van der Waals surface area contributed by atoms with Crippen LogP contribution < -0.4 is 10.6 Å². The van der Waals surface area contributed by atoms with Crippen LogP contribution in [-0.2, 0) is 10.2 Å². The van der Waals surface area contributed by atoms with Gasteiger partial charge in [-0.1, -0.05) is 51.1 Å². The third kappa shape index (κ3) is 6.17. The lowest BCUT2D eigenvalue weighted by atomic mass is 9.86. The molecule has 2 aromatic carbocycles. The smallest absolute Gasteiger partial charge is 0.251 e. The van der Waals surface area contributed by atoms with E-state index >= 15 is 0 Å². The summed E-state index contributed by atoms with van der Waals surface area (Å²) >= 11 is 0. The van der Waals surface area contributed by atoms with E-state index in [1.54, 1.807) is 29.2 Å². The molecule has 0 unspecified atom stereocenters. The highest BCUT2D eigenvalue weighted by atomic mass is 16.2. The third-order valence-electron chi connectivity index (χ3n) is 5.63. The summed E-state index contributed by atoms with van der Waals surface area (Å²) in [5.41, 5.74) is 2.42. The van der Waals surface area contributed by atoms with Gasteiger partial charge in [0, 0.05) is 30.3 Å². The number of amides is 3. The van der Waals surface area contributed by atoms with E-state index in [1.807, 2.05) is 30.3 Å². The average Bonchev–Trinajstić information content (AvgIpc) is 2.77. The van der Waals surface area contributed by atoms with Crippen molar-refractivity contribution in [1.29, 1.82) is 0 Å². The Kier molecular flexibility index (Phi) is 7.10. The van der Waals surface area contributed by atoms with E-state index in [-0.39, 0.29) is 35.7 Å². The van der Waals surface area contributed by atoms with Crippen molar-refractivity contribution in [2.24, 2.45) is 0 Å². The summed E-state index contributed by atoms with van der Waals surface area (Å²) in [6.45, 7) is 7.53. The van der Waals surface area contributed by atoms with Crippen LogP contribution in [0.3, 0.4) is 0 Å². The Morgan fingerprint density at radius 3 is 2.03 bits per heavy atom. The normalized spacial score (nSPS) is 14.7. The number of piperidine rings is 1. The van der Waals surface area contributed by atoms with E-state index in [4.69, 9.17) is 0 Å². The summed E-state index contributed by atoms with van der Waals surface area (Å²) in [5, 5.41) is 5.75. The minimum Gasteiger partial charge on any atom is -0.349 e. The van der Waals surface area contributed by atoms with Crippen LogP contribution in [0.5, 0.6) is 0 Å². The number of nitrogens with one attached hydrogen (secondary N) is 2. The minimum absolute atomic E-state index is 0.0229. The Morgan fingerprint density at radius 2 is 1.45 bits per heavy atom. The number of hydrogen-bond donors (Lipinski definition) is 2. The number of likely N-dealkylation sites (tertiary alicyclic amines) is 1. The predicted octanol–water partition coefficient (Wildman–Crippen LogP) is 3.13. The van der Waals surface area contributed by atoms with Crippen molar-refractivity contribution >= 4 is 17.7 Å². The second-order valence-corrected chi connectivity index (χ2v) is 9.00. The first-order valence-corrected chi connectivity index (χ1v) is 10.8. The predicted molar refractivity (Wildman–Crippen MR) is 121 cm³/mol. The molecular weight excluding hydrogens is 390 g/mol. The summed E-state index contributed by atoms with van der Waals surface area (Å²) in [6.07, 6.45) is 1.40. The van der Waals surface area contributed by atoms with Gasteiger partial charge in [0.2, 0.25) is 5.91 Å². The Balaban J connectivity index is 1.43. The molecule has 164 valence electrons. The molecule has 2 N–H and O–H groups in total. The number of nitrogens with zero attached hydrogens (tertiary/aromatic N) is 1. The SMILES string of the molecule is CC(C)(C)c1ccc(C(=O)NC2CCN(C(=O)CNC(=O)c3ccccc3)CC2)cc1. The minimum atomic E-state index is -0.256. The maximum atomic E-state index is 12.6. The van der Waals surface area contributed by atoms with Gasteiger partial charge in [-0.05, 0) is 48.1 Å². The molecule has 1 saturated heterocycles. The molecule has 3 rings (SSSR count). The topological polar surface area (TPSA) is 78.5 Å². The van der Waals surface area contributed by atoms with E-state index in [1.165, 1.54) is 5.56 Å². The molecule has 2 aromatic rings. The van der Waals surface area contributed by atoms with Crippen molar-refractivity contribution < 1.29 is 14.4 Å². The molecule has 0 spiro atoms. The van der Waals surface area contributed by atoms with Gasteiger partial charge >= 0.3 is 0 Å². The van der Waals surface area contributed by atoms with Crippen molar-refractivity contribution in [2.45, 2.75) is 45.1 Å². The number of benzene rings is 2. The van der Waals surface area contributed by atoms with Crippen LogP contribution >= 0.6 is 0 Å². The molecule has 0 bridgehead atoms. The quantitative estimate of drug-likeness (QED) is 0.779. The van der Waals surface area contributed by atoms with Crippen molar-refractivity contribution in [2.75, 3.05) is 19.6 Å². The molecule has 31 heavy (non-hydrogen) atoms. The Hall–Kier alpha value is -3.15. The highest BCUT2D eigenvalue weighted by Crippen LogP contribution is 2.22. The third-order valence-corrected chi connectivity index (χ3v) is 5.63. The van der Waals surface area contributed by atoms with Gasteiger partial charge in [-0.2, -0.15) is 0 Å². The van der Waals surface area contributed by atoms with E-state index in [2.05, 4.69) is 31.4 Å². The summed E-state index contributed by atoms with van der Waals surface area (Å²) in [4.78, 5) is 38.8. The van der Waals surface area contributed by atoms with Crippen LogP contribution in [0.25, 0.3) is 0 Å². The summed E-state index contributed by atoms with van der Waals surface area (Å²) < 4.78 is 0. The molecule has 3 amide bonds. The van der Waals surface area contributed by atoms with E-state index in [0.29, 0.717) is 37.1 Å². The van der Waals surface area contributed by atoms with Gasteiger partial charge in [-0.3, -0.25) is 14.4 Å². The number of carbonyl (C=O) groups excluding carboxylic acids is 3. The van der Waals surface area contributed by atoms with Crippen LogP contribution in [0.4, 0.5) is 0 Å². The molecule has 1 heterocycles. The van der Waals surface area contributed by atoms with Gasteiger partial charge < -0.3 is 15.5 Å². The molecule has 0 radical (unpaired) electrons. The Labute approximate surface area is 184 Å². The molecule has 0 saturated carbocycles. The monoisotopic (exact) mass is 421 g/mol. The van der Waals surface area contributed by atoms with Crippen LogP contribution in [0.15, 0.2) is 54.6 Å². The standard InChI is InChI=1S/C25H31N3O3/c1-25(2,3)20-11-9-19(10-12-20)24(31)27-21-13-15-28(16-14-21)22(29)17-26-23(30)18-7-5-4-6-8-18/h4-12,21H,13-17H2,1-3H3,(H,26,30)(H,27,31). The van der Waals surface area contributed by atoms with Gasteiger partial charge in [-0.25, -0.2) is 0 Å². The molecule has 1 fully saturated rings. The second-order valence-electron chi connectivity index (χ2n) is 9.00. The highest BCUT2D eigenvalue weighted by molar-refractivity contribution is 5.96. The zero-order valence-electron chi connectivity index (χ0n) is 18.5. The maximum Gasteiger partial charge on any atom is 0.251 e. The largest absolute Gasteiger partial charge is 0.349 e. The first-order valence-electron chi connectivity index (χ1n) is 10.8. The van der Waals surface area contributed by atoms with Gasteiger partial charge in [0.15, 0.2) is 0 Å². The molecule has 0 aliphatic carbocycles. The lowest BCUT2D eigenvalue weighted by molar-refractivity contribution is -0.131. The summed E-state index contributed by atoms with van der Waals surface area (Å²) in [6, 6.07) is 16.6. The van der Waals surface area contributed by atoms with Crippen LogP contribution in [0.2, 0.25) is 0 Å². The number of carbonyl (C=O) groups is 3. The fraction of sp³-hybridized carbons (Fsp3) is 0.400. The summed E-state index contributed by atoms with van der Waals surface area (Å²) in [5.74, 6) is -0.444. The zero-order chi connectivity index (χ0) is 22.4. The lowest BCUT2D eigenvalue weighted by Crippen LogP contribution is -2.49. The molecule has 0 aromatic heterocycles. The average molecular weight is 422 g/mol.